The van der Waals surface area contributed by atoms with Crippen LogP contribution < -0.4 is 9.62 Å². The first-order valence-corrected chi connectivity index (χ1v) is 11.7. The number of anilines is 2. The molecule has 0 saturated carbocycles. The molecule has 0 aliphatic carbocycles. The molecule has 3 rings (SSSR count). The summed E-state index contributed by atoms with van der Waals surface area (Å²) in [6.45, 7) is 5.30. The van der Waals surface area contributed by atoms with Crippen molar-refractivity contribution >= 4 is 33.4 Å². The maximum absolute atomic E-state index is 12.9. The predicted octanol–water partition coefficient (Wildman–Crippen LogP) is 3.47. The highest BCUT2D eigenvalue weighted by Crippen LogP contribution is 2.22. The Morgan fingerprint density at radius 3 is 2.24 bits per heavy atom. The van der Waals surface area contributed by atoms with Gasteiger partial charge in [-0.1, -0.05) is 18.2 Å². The molecule has 2 aromatic carbocycles. The quantitative estimate of drug-likeness (QED) is 0.505. The average molecular weight is 471 g/mol. The molecule has 0 aliphatic rings. The molecule has 0 aliphatic heterocycles. The van der Waals surface area contributed by atoms with E-state index in [0.29, 0.717) is 11.5 Å². The minimum absolute atomic E-state index is 0.0261. The molecule has 1 heterocycles. The number of para-hydroxylation sites is 1. The Morgan fingerprint density at radius 1 is 1.00 bits per heavy atom. The molecule has 0 bridgehead atoms. The maximum atomic E-state index is 12.9. The molecule has 10 heteroatoms. The van der Waals surface area contributed by atoms with E-state index in [1.165, 1.54) is 38.2 Å². The summed E-state index contributed by atoms with van der Waals surface area (Å²) >= 11 is 0. The Bertz CT molecular complexity index is 1220. The Labute approximate surface area is 193 Å². The lowest BCUT2D eigenvalue weighted by Gasteiger charge is -2.19. The fourth-order valence-electron chi connectivity index (χ4n) is 3.03. The molecule has 1 atom stereocenters. The predicted molar refractivity (Wildman–Crippen MR) is 125 cm³/mol. The van der Waals surface area contributed by atoms with E-state index in [9.17, 15) is 18.0 Å². The molecule has 0 fully saturated rings. The maximum Gasteiger partial charge on any atom is 0.338 e. The van der Waals surface area contributed by atoms with E-state index in [4.69, 9.17) is 4.74 Å². The van der Waals surface area contributed by atoms with Crippen molar-refractivity contribution in [1.29, 1.82) is 0 Å². The minimum atomic E-state index is -3.80. The van der Waals surface area contributed by atoms with Gasteiger partial charge in [0.05, 0.1) is 22.3 Å². The topological polar surface area (TPSA) is 111 Å². The lowest BCUT2D eigenvalue weighted by atomic mass is 10.2. The molecule has 0 spiro atoms. The number of carbonyl (C=O) groups is 2. The van der Waals surface area contributed by atoms with Crippen LogP contribution in [-0.4, -0.2) is 43.2 Å². The molecule has 0 saturated heterocycles. The second-order valence-corrected chi connectivity index (χ2v) is 9.59. The number of hydrogen-bond acceptors (Lipinski definition) is 6. The number of nitrogens with zero attached hydrogens (tertiary/aromatic N) is 3. The summed E-state index contributed by atoms with van der Waals surface area (Å²) in [4.78, 5) is 24.9. The van der Waals surface area contributed by atoms with Crippen molar-refractivity contribution in [3.63, 3.8) is 0 Å². The number of aromatic nitrogens is 2. The smallest absolute Gasteiger partial charge is 0.338 e. The number of hydrogen-bond donors (Lipinski definition) is 1. The summed E-state index contributed by atoms with van der Waals surface area (Å²) in [6.07, 6.45) is 0.498. The normalized spacial score (nSPS) is 12.3. The lowest BCUT2D eigenvalue weighted by Crippen LogP contribution is -2.31. The molecule has 174 valence electrons. The van der Waals surface area contributed by atoms with Gasteiger partial charge in [-0.05, 0) is 57.2 Å². The minimum Gasteiger partial charge on any atom is -0.449 e. The van der Waals surface area contributed by atoms with E-state index in [2.05, 4.69) is 10.4 Å². The van der Waals surface area contributed by atoms with E-state index < -0.39 is 28.0 Å². The standard InChI is InChI=1S/C23H26N4O5S/c1-16(2)27-21(14-15-24-27)25-22(28)17(3)32-23(29)18-10-12-20(13-11-18)33(30,31)26(4)19-8-6-5-7-9-19/h5-17H,1-4H3,(H,25,28). The molecule has 3 aromatic rings. The van der Waals surface area contributed by atoms with Gasteiger partial charge in [0, 0.05) is 19.2 Å². The molecule has 0 radical (unpaired) electrons. The number of carbonyl (C=O) groups excluding carboxylic acids is 2. The van der Waals surface area contributed by atoms with Gasteiger partial charge in [0.15, 0.2) is 6.10 Å². The van der Waals surface area contributed by atoms with Crippen molar-refractivity contribution in [2.24, 2.45) is 0 Å². The van der Waals surface area contributed by atoms with Gasteiger partial charge >= 0.3 is 5.97 Å². The molecule has 1 unspecified atom stereocenters. The van der Waals surface area contributed by atoms with Gasteiger partial charge in [0.2, 0.25) is 0 Å². The number of amides is 1. The third-order valence-corrected chi connectivity index (χ3v) is 6.73. The van der Waals surface area contributed by atoms with Crippen LogP contribution in [0.1, 0.15) is 37.2 Å². The van der Waals surface area contributed by atoms with Gasteiger partial charge in [-0.15, -0.1) is 0 Å². The van der Waals surface area contributed by atoms with Crippen molar-refractivity contribution in [3.05, 3.63) is 72.4 Å². The fourth-order valence-corrected chi connectivity index (χ4v) is 4.23. The summed E-state index contributed by atoms with van der Waals surface area (Å²) < 4.78 is 33.8. The van der Waals surface area contributed by atoms with Crippen LogP contribution in [0.2, 0.25) is 0 Å². The van der Waals surface area contributed by atoms with Gasteiger partial charge in [-0.2, -0.15) is 5.10 Å². The highest BCUT2D eigenvalue weighted by Gasteiger charge is 2.23. The first kappa shape index (κ1) is 24.0. The number of sulfonamides is 1. The number of esters is 1. The summed E-state index contributed by atoms with van der Waals surface area (Å²) in [5.41, 5.74) is 0.641. The lowest BCUT2D eigenvalue weighted by molar-refractivity contribution is -0.123. The van der Waals surface area contributed by atoms with Crippen molar-refractivity contribution in [3.8, 4) is 0 Å². The number of rotatable bonds is 8. The number of ether oxygens (including phenoxy) is 1. The monoisotopic (exact) mass is 470 g/mol. The van der Waals surface area contributed by atoms with Crippen molar-refractivity contribution in [2.75, 3.05) is 16.7 Å². The molecule has 1 aromatic heterocycles. The van der Waals surface area contributed by atoms with E-state index in [-0.39, 0.29) is 16.5 Å². The largest absolute Gasteiger partial charge is 0.449 e. The van der Waals surface area contributed by atoms with Crippen LogP contribution in [0, 0.1) is 0 Å². The zero-order valence-electron chi connectivity index (χ0n) is 18.8. The van der Waals surface area contributed by atoms with E-state index >= 15 is 0 Å². The zero-order chi connectivity index (χ0) is 24.2. The summed E-state index contributed by atoms with van der Waals surface area (Å²) in [5, 5.41) is 6.82. The molecule has 1 amide bonds. The molecular weight excluding hydrogens is 444 g/mol. The van der Waals surface area contributed by atoms with E-state index in [0.717, 1.165) is 4.31 Å². The molecule has 33 heavy (non-hydrogen) atoms. The van der Waals surface area contributed by atoms with Crippen molar-refractivity contribution < 1.29 is 22.7 Å². The van der Waals surface area contributed by atoms with Crippen LogP contribution in [0.3, 0.4) is 0 Å². The Kier molecular flexibility index (Phi) is 7.17. The Morgan fingerprint density at radius 2 is 1.64 bits per heavy atom. The van der Waals surface area contributed by atoms with Gasteiger partial charge in [-0.25, -0.2) is 17.9 Å². The van der Waals surface area contributed by atoms with Gasteiger partial charge in [0.1, 0.15) is 5.82 Å². The van der Waals surface area contributed by atoms with Crippen LogP contribution >= 0.6 is 0 Å². The van der Waals surface area contributed by atoms with Gasteiger partial charge < -0.3 is 10.1 Å². The van der Waals surface area contributed by atoms with E-state index in [1.807, 2.05) is 13.8 Å². The first-order chi connectivity index (χ1) is 15.6. The van der Waals surface area contributed by atoms with Crippen LogP contribution in [0.5, 0.6) is 0 Å². The van der Waals surface area contributed by atoms with Crippen LogP contribution in [-0.2, 0) is 19.6 Å². The van der Waals surface area contributed by atoms with Gasteiger partial charge in [0.25, 0.3) is 15.9 Å². The second kappa shape index (κ2) is 9.86. The van der Waals surface area contributed by atoms with E-state index in [1.54, 1.807) is 47.3 Å². The second-order valence-electron chi connectivity index (χ2n) is 7.62. The molecule has 1 N–H and O–H groups in total. The Balaban J connectivity index is 1.66. The Hall–Kier alpha value is -3.66. The summed E-state index contributed by atoms with van der Waals surface area (Å²) in [7, 11) is -2.35. The summed E-state index contributed by atoms with van der Waals surface area (Å²) in [5.74, 6) is -0.750. The average Bonchev–Trinajstić information content (AvgIpc) is 3.27. The highest BCUT2D eigenvalue weighted by molar-refractivity contribution is 7.92. The van der Waals surface area contributed by atoms with Crippen LogP contribution in [0.4, 0.5) is 11.5 Å². The SMILES string of the molecule is CC(OC(=O)c1ccc(S(=O)(=O)N(C)c2ccccc2)cc1)C(=O)Nc1ccnn1C(C)C. The van der Waals surface area contributed by atoms with Crippen molar-refractivity contribution in [1.82, 2.24) is 9.78 Å². The number of benzene rings is 2. The fraction of sp³-hybridized carbons (Fsp3) is 0.261. The third kappa shape index (κ3) is 5.40. The van der Waals surface area contributed by atoms with Crippen LogP contribution in [0.25, 0.3) is 0 Å². The van der Waals surface area contributed by atoms with Gasteiger partial charge in [-0.3, -0.25) is 9.10 Å². The zero-order valence-corrected chi connectivity index (χ0v) is 19.6. The number of nitrogens with one attached hydrogen (secondary N) is 1. The highest BCUT2D eigenvalue weighted by atomic mass is 32.2. The molecule has 9 nitrogen and oxygen atoms in total. The third-order valence-electron chi connectivity index (χ3n) is 4.93. The van der Waals surface area contributed by atoms with Crippen molar-refractivity contribution in [2.45, 2.75) is 37.8 Å². The molecular formula is C23H26N4O5S. The first-order valence-electron chi connectivity index (χ1n) is 10.3. The van der Waals surface area contributed by atoms with Crippen LogP contribution in [0.15, 0.2) is 71.8 Å². The summed E-state index contributed by atoms with van der Waals surface area (Å²) in [6, 6.07) is 15.7.